The quantitative estimate of drug-likeness (QED) is 0.894. The van der Waals surface area contributed by atoms with Gasteiger partial charge in [-0.15, -0.1) is 0 Å². The van der Waals surface area contributed by atoms with Crippen molar-refractivity contribution in [3.8, 4) is 0 Å². The van der Waals surface area contributed by atoms with Crippen LogP contribution >= 0.6 is 0 Å². The summed E-state index contributed by atoms with van der Waals surface area (Å²) in [5.41, 5.74) is 3.95. The lowest BCUT2D eigenvalue weighted by atomic mass is 10.1. The molecular weight excluding hydrogens is 340 g/mol. The van der Waals surface area contributed by atoms with Gasteiger partial charge in [0.1, 0.15) is 0 Å². The molecule has 2 aromatic rings. The molecule has 0 spiro atoms. The number of β-amino-alcohol motifs (C(OH)–C–C–N with tert-alkyl or cyclic N) is 1. The van der Waals surface area contributed by atoms with E-state index in [0.717, 1.165) is 30.0 Å². The molecule has 2 aliphatic rings. The molecule has 4 rings (SSSR count). The highest BCUT2D eigenvalue weighted by Gasteiger charge is 2.38. The number of aliphatic hydroxyl groups excluding tert-OH is 1. The summed E-state index contributed by atoms with van der Waals surface area (Å²) in [6.45, 7) is 7.85. The number of hydrogen-bond acceptors (Lipinski definition) is 4. The Kier molecular flexibility index (Phi) is 5.02. The zero-order valence-electron chi connectivity index (χ0n) is 16.1. The van der Waals surface area contributed by atoms with Gasteiger partial charge in [0.25, 0.3) is 5.91 Å². The van der Waals surface area contributed by atoms with Crippen molar-refractivity contribution in [2.24, 2.45) is 0 Å². The van der Waals surface area contributed by atoms with Gasteiger partial charge in [-0.05, 0) is 63.5 Å². The molecule has 1 aromatic carbocycles. The summed E-state index contributed by atoms with van der Waals surface area (Å²) in [6, 6.07) is 9.91. The van der Waals surface area contributed by atoms with Crippen molar-refractivity contribution in [1.82, 2.24) is 19.6 Å². The van der Waals surface area contributed by atoms with Gasteiger partial charge >= 0.3 is 0 Å². The Bertz CT molecular complexity index is 808. The second kappa shape index (κ2) is 7.44. The molecule has 6 nitrogen and oxygen atoms in total. The molecule has 2 atom stereocenters. The average molecular weight is 368 g/mol. The predicted molar refractivity (Wildman–Crippen MR) is 104 cm³/mol. The summed E-state index contributed by atoms with van der Waals surface area (Å²) in [6.07, 6.45) is 1.93. The summed E-state index contributed by atoms with van der Waals surface area (Å²) in [5, 5.41) is 14.9. The van der Waals surface area contributed by atoms with Crippen LogP contribution in [0.4, 0.5) is 0 Å². The molecule has 6 heteroatoms. The molecule has 1 amide bonds. The number of amides is 1. The van der Waals surface area contributed by atoms with Gasteiger partial charge in [-0.25, -0.2) is 0 Å². The third-order valence-corrected chi connectivity index (χ3v) is 5.79. The molecule has 2 saturated heterocycles. The van der Waals surface area contributed by atoms with Crippen molar-refractivity contribution in [3.63, 3.8) is 0 Å². The van der Waals surface area contributed by atoms with E-state index in [1.165, 1.54) is 12.8 Å². The maximum Gasteiger partial charge on any atom is 0.253 e. The molecule has 3 heterocycles. The van der Waals surface area contributed by atoms with Crippen molar-refractivity contribution in [3.05, 3.63) is 52.8 Å². The molecule has 1 N–H and O–H groups in total. The Morgan fingerprint density at radius 3 is 2.48 bits per heavy atom. The van der Waals surface area contributed by atoms with Crippen LogP contribution in [0.15, 0.2) is 30.3 Å². The van der Waals surface area contributed by atoms with Crippen LogP contribution in [0.2, 0.25) is 0 Å². The summed E-state index contributed by atoms with van der Waals surface area (Å²) >= 11 is 0. The van der Waals surface area contributed by atoms with Gasteiger partial charge in [0.2, 0.25) is 0 Å². The third-order valence-electron chi connectivity index (χ3n) is 5.79. The Morgan fingerprint density at radius 1 is 1.15 bits per heavy atom. The maximum absolute atomic E-state index is 12.9. The minimum Gasteiger partial charge on any atom is -0.390 e. The highest BCUT2D eigenvalue weighted by molar-refractivity contribution is 5.94. The second-order valence-corrected chi connectivity index (χ2v) is 7.87. The van der Waals surface area contributed by atoms with Gasteiger partial charge < -0.3 is 10.0 Å². The number of carbonyl (C=O) groups is 1. The first-order valence-corrected chi connectivity index (χ1v) is 9.82. The molecular formula is C21H28N4O2. The molecule has 0 radical (unpaired) electrons. The van der Waals surface area contributed by atoms with Gasteiger partial charge in [-0.1, -0.05) is 12.1 Å². The molecule has 0 bridgehead atoms. The second-order valence-electron chi connectivity index (χ2n) is 7.87. The van der Waals surface area contributed by atoms with Gasteiger partial charge in [0.05, 0.1) is 24.4 Å². The van der Waals surface area contributed by atoms with Crippen LogP contribution in [0.25, 0.3) is 0 Å². The standard InChI is InChI=1S/C21H28N4O2/c1-15-11-16(2)25(22-15)12-17-5-7-18(8-6-17)21(27)24-13-19(20(26)14-24)23-9-3-4-10-23/h5-8,11,19-20,26H,3-4,9-10,12-14H2,1-2H3/t19-,20-/m0/s1. The predicted octanol–water partition coefficient (Wildman–Crippen LogP) is 1.83. The lowest BCUT2D eigenvalue weighted by Crippen LogP contribution is -2.41. The maximum atomic E-state index is 12.9. The van der Waals surface area contributed by atoms with Gasteiger partial charge in [-0.3, -0.25) is 14.4 Å². The van der Waals surface area contributed by atoms with Crippen LogP contribution in [-0.4, -0.2) is 68.9 Å². The minimum atomic E-state index is -0.447. The van der Waals surface area contributed by atoms with E-state index in [2.05, 4.69) is 16.1 Å². The van der Waals surface area contributed by atoms with Crippen molar-refractivity contribution < 1.29 is 9.90 Å². The molecule has 144 valence electrons. The Morgan fingerprint density at radius 2 is 1.85 bits per heavy atom. The summed E-state index contributed by atoms with van der Waals surface area (Å²) in [5.74, 6) is 0.00779. The van der Waals surface area contributed by atoms with E-state index in [4.69, 9.17) is 0 Å². The largest absolute Gasteiger partial charge is 0.390 e. The van der Waals surface area contributed by atoms with Crippen molar-refractivity contribution in [1.29, 1.82) is 0 Å². The first-order chi connectivity index (χ1) is 13.0. The smallest absolute Gasteiger partial charge is 0.253 e. The fourth-order valence-corrected chi connectivity index (χ4v) is 4.31. The molecule has 2 aliphatic heterocycles. The number of nitrogens with zero attached hydrogens (tertiary/aromatic N) is 4. The number of rotatable bonds is 4. The molecule has 1 aromatic heterocycles. The van der Waals surface area contributed by atoms with Crippen LogP contribution in [0, 0.1) is 13.8 Å². The highest BCUT2D eigenvalue weighted by Crippen LogP contribution is 2.22. The number of likely N-dealkylation sites (tertiary alicyclic amines) is 2. The summed E-state index contributed by atoms with van der Waals surface area (Å²) in [4.78, 5) is 17.0. The molecule has 27 heavy (non-hydrogen) atoms. The fraction of sp³-hybridized carbons (Fsp3) is 0.524. The Balaban J connectivity index is 1.41. The van der Waals surface area contributed by atoms with E-state index < -0.39 is 6.10 Å². The van der Waals surface area contributed by atoms with E-state index in [0.29, 0.717) is 25.2 Å². The first-order valence-electron chi connectivity index (χ1n) is 9.82. The minimum absolute atomic E-state index is 0.00779. The normalized spacial score (nSPS) is 23.3. The first kappa shape index (κ1) is 18.2. The third kappa shape index (κ3) is 3.77. The van der Waals surface area contributed by atoms with E-state index in [1.54, 1.807) is 4.90 Å². The lowest BCUT2D eigenvalue weighted by Gasteiger charge is -2.25. The van der Waals surface area contributed by atoms with Gasteiger partial charge in [0.15, 0.2) is 0 Å². The Labute approximate surface area is 160 Å². The molecule has 0 unspecified atom stereocenters. The number of benzene rings is 1. The average Bonchev–Trinajstić information content (AvgIpc) is 3.36. The molecule has 2 fully saturated rings. The van der Waals surface area contributed by atoms with Crippen molar-refractivity contribution >= 4 is 5.91 Å². The van der Waals surface area contributed by atoms with Gasteiger partial charge in [-0.2, -0.15) is 5.10 Å². The van der Waals surface area contributed by atoms with Crippen LogP contribution in [-0.2, 0) is 6.54 Å². The SMILES string of the molecule is Cc1cc(C)n(Cc2ccc(C(=O)N3C[C@H](O)[C@@H](N4CCCC4)C3)cc2)n1. The highest BCUT2D eigenvalue weighted by atomic mass is 16.3. The monoisotopic (exact) mass is 368 g/mol. The number of hydrogen-bond donors (Lipinski definition) is 1. The summed E-state index contributed by atoms with van der Waals surface area (Å²) in [7, 11) is 0. The van der Waals surface area contributed by atoms with Crippen LogP contribution in [0.5, 0.6) is 0 Å². The van der Waals surface area contributed by atoms with Crippen molar-refractivity contribution in [2.75, 3.05) is 26.2 Å². The lowest BCUT2D eigenvalue weighted by molar-refractivity contribution is 0.0763. The zero-order chi connectivity index (χ0) is 19.0. The van der Waals surface area contributed by atoms with Crippen molar-refractivity contribution in [2.45, 2.75) is 45.4 Å². The topological polar surface area (TPSA) is 61.6 Å². The Hall–Kier alpha value is -2.18. The fourth-order valence-electron chi connectivity index (χ4n) is 4.31. The van der Waals surface area contributed by atoms with Crippen LogP contribution in [0.3, 0.4) is 0 Å². The van der Waals surface area contributed by atoms with Crippen LogP contribution in [0.1, 0.15) is 40.2 Å². The van der Waals surface area contributed by atoms with E-state index in [9.17, 15) is 9.90 Å². The van der Waals surface area contributed by atoms with Gasteiger partial charge in [0, 0.05) is 24.3 Å². The summed E-state index contributed by atoms with van der Waals surface area (Å²) < 4.78 is 1.98. The number of aliphatic hydroxyl groups is 1. The van der Waals surface area contributed by atoms with E-state index in [1.807, 2.05) is 42.8 Å². The van der Waals surface area contributed by atoms with E-state index >= 15 is 0 Å². The zero-order valence-corrected chi connectivity index (χ0v) is 16.1. The number of aryl methyl sites for hydroxylation is 2. The molecule has 0 aliphatic carbocycles. The van der Waals surface area contributed by atoms with Crippen LogP contribution < -0.4 is 0 Å². The van der Waals surface area contributed by atoms with E-state index in [-0.39, 0.29) is 11.9 Å². The number of carbonyl (C=O) groups excluding carboxylic acids is 1. The number of aromatic nitrogens is 2. The molecule has 0 saturated carbocycles.